The second-order valence-electron chi connectivity index (χ2n) is 16.6. The summed E-state index contributed by atoms with van der Waals surface area (Å²) in [6, 6.07) is 11.8. The largest absolute Gasteiger partial charge is 0.573 e. The molecule has 9 rings (SSSR count). The summed E-state index contributed by atoms with van der Waals surface area (Å²) in [6.07, 6.45) is -20.9. The molecular weight excluding hydrogens is 1110 g/mol. The summed E-state index contributed by atoms with van der Waals surface area (Å²) in [6.45, 7) is 5.10. The van der Waals surface area contributed by atoms with Gasteiger partial charge in [0, 0.05) is 61.0 Å². The first kappa shape index (κ1) is 58.3. The molecule has 0 bridgehead atoms. The number of imidazole rings is 3. The molecule has 0 aliphatic heterocycles. The molecule has 0 saturated carbocycles. The van der Waals surface area contributed by atoms with Crippen molar-refractivity contribution in [2.75, 3.05) is 7.11 Å². The number of rotatable bonds is 8. The average molecular weight is 1140 g/mol. The van der Waals surface area contributed by atoms with E-state index in [0.717, 1.165) is 49.6 Å². The molecule has 13 nitrogen and oxygen atoms in total. The van der Waals surface area contributed by atoms with Crippen molar-refractivity contribution in [3.63, 3.8) is 0 Å². The predicted octanol–water partition coefficient (Wildman–Crippen LogP) is 14.3. The molecule has 0 radical (unpaired) electrons. The van der Waals surface area contributed by atoms with Crippen LogP contribution in [0.2, 0.25) is 0 Å². The normalized spacial score (nSPS) is 12.6. The van der Waals surface area contributed by atoms with Gasteiger partial charge in [0.05, 0.1) is 23.7 Å². The highest BCUT2D eigenvalue weighted by Gasteiger charge is 2.40. The Morgan fingerprint density at radius 2 is 0.747 bits per heavy atom. The van der Waals surface area contributed by atoms with Crippen LogP contribution in [0.15, 0.2) is 97.8 Å². The van der Waals surface area contributed by atoms with E-state index in [1.165, 1.54) is 96.3 Å². The van der Waals surface area contributed by atoms with Crippen LogP contribution in [0.3, 0.4) is 0 Å². The fourth-order valence-electron chi connectivity index (χ4n) is 7.91. The first-order chi connectivity index (χ1) is 36.5. The molecule has 0 saturated heterocycles. The second-order valence-corrected chi connectivity index (χ2v) is 16.6. The van der Waals surface area contributed by atoms with Crippen molar-refractivity contribution in [1.29, 1.82) is 0 Å². The zero-order chi connectivity index (χ0) is 58.4. The first-order valence-corrected chi connectivity index (χ1v) is 21.9. The monoisotopic (exact) mass is 1140 g/mol. The summed E-state index contributed by atoms with van der Waals surface area (Å²) in [5.74, 6) is -1.69. The molecule has 0 N–H and O–H groups in total. The Bertz CT molecular complexity index is 3650. The van der Waals surface area contributed by atoms with E-state index in [1.807, 2.05) is 0 Å². The fraction of sp³-hybridized carbons (Fsp3) is 0.250. The quantitative estimate of drug-likeness (QED) is 0.136. The number of nitrogens with zero attached hydrogens (tertiary/aromatic N) is 9. The maximum atomic E-state index is 13.3. The fourth-order valence-corrected chi connectivity index (χ4v) is 7.91. The van der Waals surface area contributed by atoms with E-state index in [9.17, 15) is 79.0 Å². The highest BCUT2D eigenvalue weighted by Crippen LogP contribution is 2.38. The zero-order valence-corrected chi connectivity index (χ0v) is 40.4. The Labute approximate surface area is 430 Å². The Kier molecular flexibility index (Phi) is 15.8. The molecule has 6 aromatic heterocycles. The molecule has 3 aromatic carbocycles. The summed E-state index contributed by atoms with van der Waals surface area (Å²) >= 11 is 0. The SMILES string of the molecule is COCc1cc(OC(F)(F)F)ccc1-c1cnc2nc(C)c(C(F)(F)F)n2c1.Cc1cc(OC(F)(F)F)ccc1-c1cnc2nc(C)c(C(F)(F)F)n2c1.Cc1nc2ncc(-c3ccc(OC(F)(F)F)cc3)cn2c1C(F)(F)F. The zero-order valence-electron chi connectivity index (χ0n) is 40.4. The number of hydrogen-bond acceptors (Lipinski definition) is 10. The molecular formula is C48H33F18N9O4. The molecule has 0 fully saturated rings. The summed E-state index contributed by atoms with van der Waals surface area (Å²) in [5.41, 5.74) is -0.864. The van der Waals surface area contributed by atoms with Crippen molar-refractivity contribution >= 4 is 17.3 Å². The van der Waals surface area contributed by atoms with E-state index in [1.54, 1.807) is 0 Å². The van der Waals surface area contributed by atoms with E-state index in [4.69, 9.17) is 4.74 Å². The van der Waals surface area contributed by atoms with Crippen molar-refractivity contribution in [3.05, 3.63) is 143 Å². The number of fused-ring (bicyclic) bond motifs is 3. The molecule has 0 aliphatic carbocycles. The number of methoxy groups -OCH3 is 1. The lowest BCUT2D eigenvalue weighted by atomic mass is 10.0. The van der Waals surface area contributed by atoms with E-state index < -0.39 is 71.9 Å². The number of ether oxygens (including phenoxy) is 4. The number of benzene rings is 3. The summed E-state index contributed by atoms with van der Waals surface area (Å²) < 4.78 is 249. The number of alkyl halides is 18. The van der Waals surface area contributed by atoms with Crippen LogP contribution in [0, 0.1) is 27.7 Å². The Balaban J connectivity index is 0.000000172. The minimum atomic E-state index is -4.87. The number of halogens is 18. The lowest BCUT2D eigenvalue weighted by Crippen LogP contribution is -2.17. The molecule has 0 unspecified atom stereocenters. The smallest absolute Gasteiger partial charge is 0.406 e. The van der Waals surface area contributed by atoms with Gasteiger partial charge in [-0.2, -0.15) is 39.5 Å². The van der Waals surface area contributed by atoms with Crippen LogP contribution in [-0.4, -0.2) is 69.3 Å². The molecule has 420 valence electrons. The van der Waals surface area contributed by atoms with E-state index in [0.29, 0.717) is 27.8 Å². The van der Waals surface area contributed by atoms with E-state index in [2.05, 4.69) is 44.1 Å². The van der Waals surface area contributed by atoms with Crippen LogP contribution in [0.5, 0.6) is 17.2 Å². The molecule has 6 heterocycles. The Morgan fingerprint density at radius 3 is 1.13 bits per heavy atom. The third-order valence-corrected chi connectivity index (χ3v) is 10.9. The lowest BCUT2D eigenvalue weighted by Gasteiger charge is -2.14. The molecule has 0 amide bonds. The van der Waals surface area contributed by atoms with Gasteiger partial charge in [-0.25, -0.2) is 29.9 Å². The standard InChI is InChI=1S/C17H13F6N3O2.C16H11F6N3O.C15H9F6N3O/c1-9-14(16(18,19)20)26-7-11(6-24-15(26)25-9)13-4-3-12(28-17(21,22)23)5-10(13)8-27-2;1-8-5-11(26-16(20,21)22)3-4-12(8)10-6-23-14-24-9(2)13(15(17,18)19)25(14)7-10;1-8-12(14(16,17)18)24-7-10(6-22-13(24)23-8)9-2-4-11(5-3-9)25-15(19,20)21/h3-7H,8H2,1-2H3;3-7H,1-2H3;2-7H,1H3. The highest BCUT2D eigenvalue weighted by molar-refractivity contribution is 5.69. The Morgan fingerprint density at radius 1 is 0.405 bits per heavy atom. The summed E-state index contributed by atoms with van der Waals surface area (Å²) in [7, 11) is 1.34. The van der Waals surface area contributed by atoms with Gasteiger partial charge in [-0.05, 0) is 91.9 Å². The summed E-state index contributed by atoms with van der Waals surface area (Å²) in [5, 5.41) is 0. The molecule has 0 atom stereocenters. The van der Waals surface area contributed by atoms with Crippen LogP contribution < -0.4 is 14.2 Å². The predicted molar refractivity (Wildman–Crippen MR) is 240 cm³/mol. The van der Waals surface area contributed by atoms with Gasteiger partial charge in [0.1, 0.15) is 17.2 Å². The third-order valence-electron chi connectivity index (χ3n) is 10.9. The maximum Gasteiger partial charge on any atom is 0.573 e. The van der Waals surface area contributed by atoms with Gasteiger partial charge in [0.25, 0.3) is 0 Å². The first-order valence-electron chi connectivity index (χ1n) is 21.9. The van der Waals surface area contributed by atoms with Gasteiger partial charge in [0.15, 0.2) is 17.1 Å². The van der Waals surface area contributed by atoms with E-state index in [-0.39, 0.29) is 57.7 Å². The second kappa shape index (κ2) is 21.5. The highest BCUT2D eigenvalue weighted by atomic mass is 19.4. The molecule has 9 aromatic rings. The number of aromatic nitrogens is 9. The van der Waals surface area contributed by atoms with Gasteiger partial charge >= 0.3 is 37.6 Å². The topological polar surface area (TPSA) is 127 Å². The molecule has 31 heteroatoms. The van der Waals surface area contributed by atoms with Crippen molar-refractivity contribution in [1.82, 2.24) is 43.1 Å². The molecule has 79 heavy (non-hydrogen) atoms. The van der Waals surface area contributed by atoms with Gasteiger partial charge in [0.2, 0.25) is 17.3 Å². The van der Waals surface area contributed by atoms with Crippen LogP contribution in [0.25, 0.3) is 50.7 Å². The Hall–Kier alpha value is -8.38. The van der Waals surface area contributed by atoms with Gasteiger partial charge in [-0.3, -0.25) is 13.2 Å². The molecule has 0 aliphatic rings. The number of hydrogen-bond donors (Lipinski definition) is 0. The minimum absolute atomic E-state index is 0.0858. The molecule has 0 spiro atoms. The minimum Gasteiger partial charge on any atom is -0.406 e. The number of aryl methyl sites for hydroxylation is 4. The van der Waals surface area contributed by atoms with Crippen LogP contribution in [0.4, 0.5) is 79.0 Å². The van der Waals surface area contributed by atoms with Crippen molar-refractivity contribution < 1.29 is 98.0 Å². The van der Waals surface area contributed by atoms with Gasteiger partial charge < -0.3 is 18.9 Å². The van der Waals surface area contributed by atoms with Crippen molar-refractivity contribution in [3.8, 4) is 50.6 Å². The van der Waals surface area contributed by atoms with Crippen LogP contribution >= 0.6 is 0 Å². The summed E-state index contributed by atoms with van der Waals surface area (Å²) in [4.78, 5) is 23.0. The van der Waals surface area contributed by atoms with Crippen LogP contribution in [-0.2, 0) is 29.9 Å². The van der Waals surface area contributed by atoms with Crippen molar-refractivity contribution in [2.24, 2.45) is 0 Å². The van der Waals surface area contributed by atoms with E-state index >= 15 is 0 Å². The lowest BCUT2D eigenvalue weighted by molar-refractivity contribution is -0.275. The van der Waals surface area contributed by atoms with Gasteiger partial charge in [-0.15, -0.1) is 39.5 Å². The average Bonchev–Trinajstić information content (AvgIpc) is 4.02. The third kappa shape index (κ3) is 14.0. The van der Waals surface area contributed by atoms with Crippen LogP contribution in [0.1, 0.15) is 45.3 Å². The van der Waals surface area contributed by atoms with Crippen molar-refractivity contribution in [2.45, 2.75) is 71.9 Å². The van der Waals surface area contributed by atoms with Gasteiger partial charge in [-0.1, -0.05) is 24.3 Å². The maximum absolute atomic E-state index is 13.3.